The highest BCUT2D eigenvalue weighted by atomic mass is 32.1. The molecule has 2 fully saturated rings. The molecule has 0 unspecified atom stereocenters. The molecule has 2 N–H and O–H groups in total. The monoisotopic (exact) mass is 489 g/mol. The number of carbonyl (C=O) groups excluding carboxylic acids is 1. The Bertz CT molecular complexity index is 1200. The molecule has 180 valence electrons. The second-order valence-electron chi connectivity index (χ2n) is 9.33. The van der Waals surface area contributed by atoms with E-state index in [0.717, 1.165) is 61.6 Å². The number of halogens is 3. The molecule has 3 heterocycles. The number of benzene rings is 1. The van der Waals surface area contributed by atoms with Crippen LogP contribution in [-0.2, 0) is 6.42 Å². The normalized spacial score (nSPS) is 22.6. The van der Waals surface area contributed by atoms with Crippen molar-refractivity contribution in [2.24, 2.45) is 5.41 Å². The highest BCUT2D eigenvalue weighted by molar-refractivity contribution is 7.18. The van der Waals surface area contributed by atoms with Crippen LogP contribution < -0.4 is 15.5 Å². The summed E-state index contributed by atoms with van der Waals surface area (Å²) in [5.41, 5.74) is 1.80. The van der Waals surface area contributed by atoms with E-state index in [2.05, 4.69) is 25.5 Å². The van der Waals surface area contributed by atoms with Gasteiger partial charge in [-0.1, -0.05) is 0 Å². The summed E-state index contributed by atoms with van der Waals surface area (Å²) >= 11 is 1.09. The average molecular weight is 490 g/mol. The predicted octanol–water partition coefficient (Wildman–Crippen LogP) is 5.02. The zero-order chi connectivity index (χ0) is 23.9. The summed E-state index contributed by atoms with van der Waals surface area (Å²) in [7, 11) is 1.61. The molecule has 0 bridgehead atoms. The van der Waals surface area contributed by atoms with E-state index in [1.165, 1.54) is 6.33 Å². The van der Waals surface area contributed by atoms with Gasteiger partial charge in [-0.25, -0.2) is 9.97 Å². The lowest BCUT2D eigenvalue weighted by molar-refractivity contribution is -0.126. The van der Waals surface area contributed by atoms with E-state index in [1.807, 2.05) is 24.3 Å². The van der Waals surface area contributed by atoms with Crippen LogP contribution in [-0.4, -0.2) is 48.2 Å². The zero-order valence-corrected chi connectivity index (χ0v) is 19.6. The lowest BCUT2D eigenvalue weighted by Gasteiger charge is -2.25. The standard InChI is InChI=1S/C24H26F3N5OS/c1-28-21(33)15-2-4-16(5-3-15)31-17-6-7-23(11-17)8-9-32(13-23)20-19-10-18(12-24(25,26)27)34-22(19)30-14-29-20/h2-5,10,14,17,31H,6-9,11-13H2,1H3,(H,28,33)/t17-,23-/m1/s1. The second-order valence-corrected chi connectivity index (χ2v) is 10.4. The number of nitrogens with zero attached hydrogens (tertiary/aromatic N) is 3. The molecule has 1 amide bonds. The summed E-state index contributed by atoms with van der Waals surface area (Å²) in [4.78, 5) is 23.5. The van der Waals surface area contributed by atoms with Gasteiger partial charge in [-0.3, -0.25) is 4.79 Å². The van der Waals surface area contributed by atoms with Gasteiger partial charge in [0.15, 0.2) is 0 Å². The van der Waals surface area contributed by atoms with Gasteiger partial charge in [-0.2, -0.15) is 13.2 Å². The van der Waals surface area contributed by atoms with E-state index in [9.17, 15) is 18.0 Å². The van der Waals surface area contributed by atoms with Crippen LogP contribution in [0.15, 0.2) is 36.7 Å². The van der Waals surface area contributed by atoms with Crippen LogP contribution in [0.3, 0.4) is 0 Å². The largest absolute Gasteiger partial charge is 0.393 e. The summed E-state index contributed by atoms with van der Waals surface area (Å²) in [5.74, 6) is 0.639. The van der Waals surface area contributed by atoms with Gasteiger partial charge in [0.25, 0.3) is 5.91 Å². The molecule has 2 aromatic heterocycles. The fourth-order valence-corrected chi connectivity index (χ4v) is 6.37. The maximum absolute atomic E-state index is 12.9. The van der Waals surface area contributed by atoms with Gasteiger partial charge in [0.05, 0.1) is 11.8 Å². The summed E-state index contributed by atoms with van der Waals surface area (Å²) in [6, 6.07) is 9.45. The molecule has 1 saturated heterocycles. The number of amides is 1. The Balaban J connectivity index is 1.26. The zero-order valence-electron chi connectivity index (χ0n) is 18.8. The SMILES string of the molecule is CNC(=O)c1ccc(N[C@@H]2CC[C@@]3(CCN(c4ncnc5sc(CC(F)(F)F)cc45)C3)C2)cc1. The third-order valence-corrected chi connectivity index (χ3v) is 7.96. The molecule has 1 aliphatic heterocycles. The topological polar surface area (TPSA) is 70.2 Å². The maximum Gasteiger partial charge on any atom is 0.393 e. The lowest BCUT2D eigenvalue weighted by atomic mass is 9.85. The fourth-order valence-electron chi connectivity index (χ4n) is 5.34. The van der Waals surface area contributed by atoms with E-state index in [-0.39, 0.29) is 16.2 Å². The smallest absolute Gasteiger partial charge is 0.382 e. The van der Waals surface area contributed by atoms with Crippen molar-refractivity contribution >= 4 is 39.0 Å². The number of anilines is 2. The molecule has 34 heavy (non-hydrogen) atoms. The first-order valence-corrected chi connectivity index (χ1v) is 12.2. The van der Waals surface area contributed by atoms with Gasteiger partial charge < -0.3 is 15.5 Å². The molecular weight excluding hydrogens is 463 g/mol. The average Bonchev–Trinajstić information content (AvgIpc) is 3.51. The summed E-state index contributed by atoms with van der Waals surface area (Å²) in [6.45, 7) is 1.68. The van der Waals surface area contributed by atoms with Gasteiger partial charge in [0.2, 0.25) is 0 Å². The highest BCUT2D eigenvalue weighted by Gasteiger charge is 2.44. The number of fused-ring (bicyclic) bond motifs is 1. The summed E-state index contributed by atoms with van der Waals surface area (Å²) < 4.78 is 38.6. The van der Waals surface area contributed by atoms with Gasteiger partial charge in [-0.05, 0) is 61.4 Å². The molecule has 1 saturated carbocycles. The van der Waals surface area contributed by atoms with E-state index >= 15 is 0 Å². The van der Waals surface area contributed by atoms with Crippen molar-refractivity contribution in [3.63, 3.8) is 0 Å². The fraction of sp³-hybridized carbons (Fsp3) is 0.458. The first-order valence-electron chi connectivity index (χ1n) is 11.4. The minimum Gasteiger partial charge on any atom is -0.382 e. The van der Waals surface area contributed by atoms with E-state index < -0.39 is 12.6 Å². The number of alkyl halides is 3. The maximum atomic E-state index is 12.9. The molecule has 1 aliphatic carbocycles. The number of thiophene rings is 1. The Labute approximate surface area is 199 Å². The number of carbonyl (C=O) groups is 1. The molecule has 2 aliphatic rings. The van der Waals surface area contributed by atoms with Crippen molar-refractivity contribution < 1.29 is 18.0 Å². The van der Waals surface area contributed by atoms with E-state index in [1.54, 1.807) is 13.1 Å². The number of nitrogens with one attached hydrogen (secondary N) is 2. The number of hydrogen-bond acceptors (Lipinski definition) is 6. The summed E-state index contributed by atoms with van der Waals surface area (Å²) in [6.07, 6.45) is 0.490. The molecule has 6 nitrogen and oxygen atoms in total. The molecule has 1 spiro atoms. The summed E-state index contributed by atoms with van der Waals surface area (Å²) in [5, 5.41) is 6.94. The third kappa shape index (κ3) is 4.68. The second kappa shape index (κ2) is 8.72. The van der Waals surface area contributed by atoms with Crippen molar-refractivity contribution in [1.29, 1.82) is 0 Å². The third-order valence-electron chi connectivity index (χ3n) is 6.92. The van der Waals surface area contributed by atoms with Crippen LogP contribution in [0.2, 0.25) is 0 Å². The minimum atomic E-state index is -4.24. The molecule has 1 aromatic carbocycles. The molecule has 5 rings (SSSR count). The van der Waals surface area contributed by atoms with Crippen molar-refractivity contribution in [2.45, 2.75) is 44.3 Å². The Morgan fingerprint density at radius 1 is 1.24 bits per heavy atom. The number of hydrogen-bond donors (Lipinski definition) is 2. The Hall–Kier alpha value is -2.88. The predicted molar refractivity (Wildman–Crippen MR) is 128 cm³/mol. The van der Waals surface area contributed by atoms with Crippen LogP contribution in [0.25, 0.3) is 10.2 Å². The van der Waals surface area contributed by atoms with Crippen LogP contribution in [0, 0.1) is 5.41 Å². The Kier molecular flexibility index (Phi) is 5.87. The number of aromatic nitrogens is 2. The van der Waals surface area contributed by atoms with Gasteiger partial charge >= 0.3 is 6.18 Å². The van der Waals surface area contributed by atoms with Crippen LogP contribution in [0.4, 0.5) is 24.7 Å². The minimum absolute atomic E-state index is 0.104. The van der Waals surface area contributed by atoms with Crippen molar-refractivity contribution in [2.75, 3.05) is 30.4 Å². The number of rotatable bonds is 5. The van der Waals surface area contributed by atoms with E-state index in [0.29, 0.717) is 21.8 Å². The first kappa shape index (κ1) is 22.9. The quantitative estimate of drug-likeness (QED) is 0.527. The van der Waals surface area contributed by atoms with Crippen molar-refractivity contribution in [3.8, 4) is 0 Å². The Morgan fingerprint density at radius 2 is 2.03 bits per heavy atom. The lowest BCUT2D eigenvalue weighted by Crippen LogP contribution is -2.27. The van der Waals surface area contributed by atoms with Gasteiger partial charge in [0, 0.05) is 42.3 Å². The van der Waals surface area contributed by atoms with Crippen molar-refractivity contribution in [3.05, 3.63) is 47.1 Å². The van der Waals surface area contributed by atoms with E-state index in [4.69, 9.17) is 0 Å². The van der Waals surface area contributed by atoms with Crippen molar-refractivity contribution in [1.82, 2.24) is 15.3 Å². The molecule has 10 heteroatoms. The van der Waals surface area contributed by atoms with Crippen LogP contribution in [0.5, 0.6) is 0 Å². The molecule has 2 atom stereocenters. The van der Waals surface area contributed by atoms with Crippen LogP contribution in [0.1, 0.15) is 40.9 Å². The highest BCUT2D eigenvalue weighted by Crippen LogP contribution is 2.48. The molecule has 0 radical (unpaired) electrons. The molecular formula is C24H26F3N5OS. The van der Waals surface area contributed by atoms with Gasteiger partial charge in [0.1, 0.15) is 17.0 Å². The molecule has 3 aromatic rings. The van der Waals surface area contributed by atoms with Gasteiger partial charge in [-0.15, -0.1) is 11.3 Å². The Morgan fingerprint density at radius 3 is 2.76 bits per heavy atom. The first-order chi connectivity index (χ1) is 16.2. The van der Waals surface area contributed by atoms with Crippen LogP contribution >= 0.6 is 11.3 Å².